The van der Waals surface area contributed by atoms with Crippen LogP contribution in [0, 0.1) is 11.3 Å². The first-order valence-corrected chi connectivity index (χ1v) is 11.6. The van der Waals surface area contributed by atoms with Crippen molar-refractivity contribution in [2.24, 2.45) is 0 Å². The standard InChI is InChI=1S/C19H29FN7O4P/c1-11(2)27(12(3)4)32(29-7-5-6-21)30-9-13-8-14(20)18(31-13)26-10-23-15-16(26)24-19(22)25-17(15)28/h10-14,18H,5,7-9H2,1-4H3,(H3,22,24,25,28)/t13-,14+,18+,32?/m0/s1. The number of hydrogen-bond acceptors (Lipinski definition) is 9. The summed E-state index contributed by atoms with van der Waals surface area (Å²) in [5.41, 5.74) is 5.35. The number of hydrogen-bond donors (Lipinski definition) is 2. The fourth-order valence-corrected chi connectivity index (χ4v) is 5.28. The van der Waals surface area contributed by atoms with Crippen molar-refractivity contribution in [1.29, 1.82) is 5.26 Å². The van der Waals surface area contributed by atoms with Crippen LogP contribution in [0.1, 0.15) is 46.8 Å². The van der Waals surface area contributed by atoms with Gasteiger partial charge in [-0.25, -0.2) is 14.0 Å². The highest BCUT2D eigenvalue weighted by atomic mass is 31.2. The fraction of sp³-hybridized carbons (Fsp3) is 0.684. The first-order chi connectivity index (χ1) is 15.2. The van der Waals surface area contributed by atoms with Crippen molar-refractivity contribution in [2.45, 2.75) is 71.1 Å². The molecule has 176 valence electrons. The molecule has 13 heteroatoms. The van der Waals surface area contributed by atoms with Gasteiger partial charge in [0.05, 0.1) is 38.1 Å². The van der Waals surface area contributed by atoms with E-state index in [0.29, 0.717) is 0 Å². The molecule has 1 aliphatic rings. The number of fused-ring (bicyclic) bond motifs is 1. The monoisotopic (exact) mass is 469 g/mol. The van der Waals surface area contributed by atoms with Crippen molar-refractivity contribution in [3.63, 3.8) is 0 Å². The number of nitrogens with one attached hydrogen (secondary N) is 1. The number of imidazole rings is 1. The van der Waals surface area contributed by atoms with Gasteiger partial charge in [0.15, 0.2) is 17.4 Å². The smallest absolute Gasteiger partial charge is 0.280 e. The van der Waals surface area contributed by atoms with E-state index in [0.717, 1.165) is 0 Å². The Balaban J connectivity index is 1.71. The maximum absolute atomic E-state index is 14.9. The quantitative estimate of drug-likeness (QED) is 0.396. The van der Waals surface area contributed by atoms with Crippen LogP contribution in [0.2, 0.25) is 0 Å². The van der Waals surface area contributed by atoms with E-state index in [4.69, 9.17) is 24.8 Å². The molecule has 2 aromatic rings. The summed E-state index contributed by atoms with van der Waals surface area (Å²) in [6, 6.07) is 2.36. The number of halogens is 1. The normalized spacial score (nSPS) is 22.3. The molecule has 0 radical (unpaired) electrons. The zero-order valence-electron chi connectivity index (χ0n) is 18.6. The molecule has 11 nitrogen and oxygen atoms in total. The maximum atomic E-state index is 14.9. The van der Waals surface area contributed by atoms with Gasteiger partial charge in [0.25, 0.3) is 14.1 Å². The molecule has 2 aromatic heterocycles. The molecule has 3 N–H and O–H groups in total. The van der Waals surface area contributed by atoms with Gasteiger partial charge in [-0.15, -0.1) is 0 Å². The first kappa shape index (κ1) is 24.5. The molecule has 0 spiro atoms. The second kappa shape index (κ2) is 10.6. The number of nitrogens with zero attached hydrogens (tertiary/aromatic N) is 5. The molecule has 0 aliphatic carbocycles. The largest absolute Gasteiger partial charge is 0.369 e. The Bertz CT molecular complexity index is 1000. The van der Waals surface area contributed by atoms with Crippen LogP contribution in [0.15, 0.2) is 11.1 Å². The van der Waals surface area contributed by atoms with Crippen LogP contribution in [-0.2, 0) is 13.8 Å². The molecule has 0 saturated carbocycles. The number of ether oxygens (including phenoxy) is 1. The summed E-state index contributed by atoms with van der Waals surface area (Å²) in [4.78, 5) is 22.4. The Morgan fingerprint density at radius 2 is 2.16 bits per heavy atom. The van der Waals surface area contributed by atoms with Gasteiger partial charge in [0.2, 0.25) is 5.95 Å². The molecule has 3 heterocycles. The Labute approximate surface area is 186 Å². The molecule has 3 rings (SSSR count). The number of H-pyrrole nitrogens is 1. The van der Waals surface area contributed by atoms with Crippen LogP contribution in [0.3, 0.4) is 0 Å². The van der Waals surface area contributed by atoms with Crippen LogP contribution in [-0.4, -0.2) is 61.8 Å². The fourth-order valence-electron chi connectivity index (χ4n) is 3.64. The number of anilines is 1. The van der Waals surface area contributed by atoms with Crippen molar-refractivity contribution in [3.05, 3.63) is 16.7 Å². The molecule has 4 atom stereocenters. The van der Waals surface area contributed by atoms with Gasteiger partial charge in [0, 0.05) is 18.5 Å². The minimum Gasteiger partial charge on any atom is -0.369 e. The van der Waals surface area contributed by atoms with Crippen molar-refractivity contribution in [2.75, 3.05) is 18.9 Å². The van der Waals surface area contributed by atoms with Gasteiger partial charge in [-0.1, -0.05) is 0 Å². The molecule has 1 fully saturated rings. The third-order valence-electron chi connectivity index (χ3n) is 4.89. The summed E-state index contributed by atoms with van der Waals surface area (Å²) in [6.45, 7) is 8.52. The minimum absolute atomic E-state index is 0.0635. The van der Waals surface area contributed by atoms with Crippen LogP contribution in [0.25, 0.3) is 11.2 Å². The molecule has 1 saturated heterocycles. The Kier molecular flexibility index (Phi) is 8.14. The molecule has 0 amide bonds. The van der Waals surface area contributed by atoms with Crippen LogP contribution in [0.5, 0.6) is 0 Å². The maximum Gasteiger partial charge on any atom is 0.280 e. The third kappa shape index (κ3) is 5.42. The summed E-state index contributed by atoms with van der Waals surface area (Å²) >= 11 is 0. The lowest BCUT2D eigenvalue weighted by Gasteiger charge is -2.35. The van der Waals surface area contributed by atoms with Gasteiger partial charge in [0.1, 0.15) is 6.17 Å². The van der Waals surface area contributed by atoms with Crippen LogP contribution >= 0.6 is 8.53 Å². The van der Waals surface area contributed by atoms with Crippen molar-refractivity contribution in [1.82, 2.24) is 24.2 Å². The minimum atomic E-state index is -1.45. The zero-order chi connectivity index (χ0) is 23.4. The van der Waals surface area contributed by atoms with E-state index >= 15 is 0 Å². The lowest BCUT2D eigenvalue weighted by molar-refractivity contribution is -0.0332. The third-order valence-corrected chi connectivity index (χ3v) is 6.96. The van der Waals surface area contributed by atoms with Gasteiger partial charge in [-0.2, -0.15) is 10.2 Å². The van der Waals surface area contributed by atoms with Crippen molar-refractivity contribution in [3.8, 4) is 6.07 Å². The highest BCUT2D eigenvalue weighted by Crippen LogP contribution is 2.47. The number of nitriles is 1. The van der Waals surface area contributed by atoms with E-state index in [1.807, 2.05) is 27.7 Å². The lowest BCUT2D eigenvalue weighted by Crippen LogP contribution is -2.34. The Morgan fingerprint density at radius 1 is 1.44 bits per heavy atom. The van der Waals surface area contributed by atoms with Crippen molar-refractivity contribution >= 4 is 25.6 Å². The summed E-state index contributed by atoms with van der Waals surface area (Å²) < 4.78 is 36.1. The summed E-state index contributed by atoms with van der Waals surface area (Å²) in [7, 11) is -1.45. The Hall–Kier alpha value is -2.16. The van der Waals surface area contributed by atoms with E-state index in [-0.39, 0.29) is 55.3 Å². The summed E-state index contributed by atoms with van der Waals surface area (Å²) in [5.74, 6) is -0.0832. The van der Waals surface area contributed by atoms with Crippen LogP contribution < -0.4 is 11.3 Å². The molecular weight excluding hydrogens is 440 g/mol. The first-order valence-electron chi connectivity index (χ1n) is 10.5. The molecular formula is C19H29FN7O4P. The van der Waals surface area contributed by atoms with E-state index in [1.165, 1.54) is 10.9 Å². The number of rotatable bonds is 10. The van der Waals surface area contributed by atoms with Gasteiger partial charge in [-0.05, 0) is 27.7 Å². The predicted octanol–water partition coefficient (Wildman–Crippen LogP) is 2.62. The SMILES string of the molecule is CC(C)N(C(C)C)P(OCCC#N)OC[C@@H]1C[C@@H](F)[C@H](n2cnc3c(=O)[nH]c(N)nc32)O1. The number of aromatic amines is 1. The predicted molar refractivity (Wildman–Crippen MR) is 117 cm³/mol. The highest BCUT2D eigenvalue weighted by molar-refractivity contribution is 7.44. The van der Waals surface area contributed by atoms with E-state index < -0.39 is 32.6 Å². The molecule has 32 heavy (non-hydrogen) atoms. The topological polar surface area (TPSA) is 144 Å². The van der Waals surface area contributed by atoms with Gasteiger partial charge >= 0.3 is 0 Å². The second-order valence-corrected chi connectivity index (χ2v) is 9.47. The highest BCUT2D eigenvalue weighted by Gasteiger charge is 2.39. The number of nitrogens with two attached hydrogens (primary N) is 1. The lowest BCUT2D eigenvalue weighted by atomic mass is 10.2. The molecule has 1 aliphatic heterocycles. The number of aromatic nitrogens is 4. The average Bonchev–Trinajstić information content (AvgIpc) is 3.28. The van der Waals surface area contributed by atoms with Crippen LogP contribution in [0.4, 0.5) is 10.3 Å². The van der Waals surface area contributed by atoms with Gasteiger partial charge < -0.3 is 19.5 Å². The summed E-state index contributed by atoms with van der Waals surface area (Å²) in [5, 5.41) is 8.82. The summed E-state index contributed by atoms with van der Waals surface area (Å²) in [6.07, 6.45) is -1.20. The number of alkyl halides is 1. The molecule has 1 unspecified atom stereocenters. The van der Waals surface area contributed by atoms with E-state index in [9.17, 15) is 9.18 Å². The number of nitrogen functional groups attached to an aromatic ring is 1. The van der Waals surface area contributed by atoms with E-state index in [1.54, 1.807) is 0 Å². The average molecular weight is 469 g/mol. The van der Waals surface area contributed by atoms with Gasteiger partial charge in [-0.3, -0.25) is 14.3 Å². The molecule has 0 aromatic carbocycles. The molecule has 0 bridgehead atoms. The van der Waals surface area contributed by atoms with E-state index in [2.05, 4.69) is 25.7 Å². The van der Waals surface area contributed by atoms with Crippen molar-refractivity contribution < 1.29 is 18.2 Å². The zero-order valence-corrected chi connectivity index (χ0v) is 19.5. The Morgan fingerprint density at radius 3 is 2.81 bits per heavy atom. The second-order valence-electron chi connectivity index (χ2n) is 8.02.